The first-order chi connectivity index (χ1) is 10.6. The molecule has 4 atom stereocenters. The monoisotopic (exact) mass is 312 g/mol. The van der Waals surface area contributed by atoms with Gasteiger partial charge in [0.15, 0.2) is 23.8 Å². The maximum atomic E-state index is 13.5. The van der Waals surface area contributed by atoms with Crippen molar-refractivity contribution in [3.63, 3.8) is 0 Å². The summed E-state index contributed by atoms with van der Waals surface area (Å²) in [5.41, 5.74) is 0.355. The molecular weight excluding hydrogens is 295 g/mol. The number of hydrogen-bond acceptors (Lipinski definition) is 6. The molecular formula is C15H17FO6. The third kappa shape index (κ3) is 2.62. The fraction of sp³-hybridized carbons (Fsp3) is 0.533. The van der Waals surface area contributed by atoms with Gasteiger partial charge in [0.05, 0.1) is 33.0 Å². The summed E-state index contributed by atoms with van der Waals surface area (Å²) in [4.78, 5) is 11.5. The summed E-state index contributed by atoms with van der Waals surface area (Å²) >= 11 is 0. The summed E-state index contributed by atoms with van der Waals surface area (Å²) in [6.45, 7) is 0.269. The molecule has 0 aromatic heterocycles. The molecule has 0 N–H and O–H groups in total. The van der Waals surface area contributed by atoms with Gasteiger partial charge in [-0.15, -0.1) is 0 Å². The van der Waals surface area contributed by atoms with E-state index in [1.807, 2.05) is 0 Å². The molecule has 2 heterocycles. The van der Waals surface area contributed by atoms with Crippen LogP contribution in [0.15, 0.2) is 18.2 Å². The predicted molar refractivity (Wildman–Crippen MR) is 73.1 cm³/mol. The van der Waals surface area contributed by atoms with Crippen LogP contribution in [0.1, 0.15) is 10.4 Å². The molecule has 22 heavy (non-hydrogen) atoms. The van der Waals surface area contributed by atoms with Gasteiger partial charge in [-0.2, -0.15) is 0 Å². The molecule has 0 aliphatic carbocycles. The van der Waals surface area contributed by atoms with Crippen LogP contribution in [0.25, 0.3) is 0 Å². The van der Waals surface area contributed by atoms with Crippen LogP contribution in [0.4, 0.5) is 4.39 Å². The molecule has 2 fully saturated rings. The van der Waals surface area contributed by atoms with E-state index in [0.717, 1.165) is 0 Å². The average molecular weight is 312 g/mol. The third-order valence-corrected chi connectivity index (χ3v) is 3.81. The number of ether oxygens (including phenoxy) is 5. The molecule has 0 amide bonds. The molecule has 1 aromatic rings. The van der Waals surface area contributed by atoms with Crippen molar-refractivity contribution in [3.8, 4) is 11.5 Å². The van der Waals surface area contributed by atoms with Crippen molar-refractivity contribution in [2.24, 2.45) is 0 Å². The fourth-order valence-electron chi connectivity index (χ4n) is 2.69. The van der Waals surface area contributed by atoms with Crippen LogP contribution in [0.5, 0.6) is 11.5 Å². The summed E-state index contributed by atoms with van der Waals surface area (Å²) in [6, 6.07) is 4.71. The number of carbonyl (C=O) groups is 1. The smallest absolute Gasteiger partial charge is 0.337 e. The van der Waals surface area contributed by atoms with Crippen molar-refractivity contribution < 1.29 is 32.9 Å². The number of fused-ring (bicyclic) bond motifs is 1. The zero-order valence-electron chi connectivity index (χ0n) is 12.3. The number of esters is 1. The molecule has 0 unspecified atom stereocenters. The van der Waals surface area contributed by atoms with E-state index in [-0.39, 0.29) is 13.2 Å². The van der Waals surface area contributed by atoms with Crippen LogP contribution >= 0.6 is 0 Å². The Balaban J connectivity index is 1.76. The lowest BCUT2D eigenvalue weighted by molar-refractivity contribution is 0.0270. The Morgan fingerprint density at radius 1 is 1.18 bits per heavy atom. The molecule has 7 heteroatoms. The van der Waals surface area contributed by atoms with Crippen molar-refractivity contribution in [2.45, 2.75) is 24.5 Å². The molecule has 1 aromatic carbocycles. The van der Waals surface area contributed by atoms with Gasteiger partial charge in [-0.05, 0) is 18.2 Å². The van der Waals surface area contributed by atoms with Crippen LogP contribution in [0, 0.1) is 0 Å². The van der Waals surface area contributed by atoms with Crippen molar-refractivity contribution in [1.29, 1.82) is 0 Å². The van der Waals surface area contributed by atoms with Gasteiger partial charge in [0.2, 0.25) is 0 Å². The number of rotatable bonds is 4. The molecule has 6 nitrogen and oxygen atoms in total. The molecule has 120 valence electrons. The van der Waals surface area contributed by atoms with E-state index in [0.29, 0.717) is 17.1 Å². The normalized spacial score (nSPS) is 30.0. The Hall–Kier alpha value is -1.86. The van der Waals surface area contributed by atoms with Crippen LogP contribution in [-0.4, -0.2) is 57.9 Å². The number of alkyl halides is 1. The highest BCUT2D eigenvalue weighted by Crippen LogP contribution is 2.35. The molecule has 0 saturated carbocycles. The maximum absolute atomic E-state index is 13.5. The highest BCUT2D eigenvalue weighted by atomic mass is 19.1. The minimum atomic E-state index is -1.12. The van der Waals surface area contributed by atoms with E-state index >= 15 is 0 Å². The van der Waals surface area contributed by atoms with E-state index < -0.39 is 30.5 Å². The summed E-state index contributed by atoms with van der Waals surface area (Å²) in [7, 11) is 2.78. The van der Waals surface area contributed by atoms with Crippen LogP contribution in [-0.2, 0) is 14.2 Å². The van der Waals surface area contributed by atoms with Crippen molar-refractivity contribution in [1.82, 2.24) is 0 Å². The lowest BCUT2D eigenvalue weighted by Crippen LogP contribution is -2.33. The second kappa shape index (κ2) is 6.10. The molecule has 2 aliphatic rings. The van der Waals surface area contributed by atoms with Gasteiger partial charge in [0.25, 0.3) is 0 Å². The van der Waals surface area contributed by atoms with Crippen molar-refractivity contribution >= 4 is 5.97 Å². The summed E-state index contributed by atoms with van der Waals surface area (Å²) in [5, 5.41) is 0. The zero-order valence-corrected chi connectivity index (χ0v) is 12.3. The van der Waals surface area contributed by atoms with E-state index in [1.165, 1.54) is 20.3 Å². The minimum Gasteiger partial charge on any atom is -0.493 e. The molecule has 0 bridgehead atoms. The molecule has 2 saturated heterocycles. The first-order valence-electron chi connectivity index (χ1n) is 6.94. The fourth-order valence-corrected chi connectivity index (χ4v) is 2.69. The lowest BCUT2D eigenvalue weighted by atomic mass is 10.1. The second-order valence-corrected chi connectivity index (χ2v) is 5.13. The lowest BCUT2D eigenvalue weighted by Gasteiger charge is -2.19. The molecule has 0 spiro atoms. The Bertz CT molecular complexity index is 563. The van der Waals surface area contributed by atoms with Crippen LogP contribution in [0.2, 0.25) is 0 Å². The topological polar surface area (TPSA) is 63.2 Å². The Labute approximate surface area is 127 Å². The summed E-state index contributed by atoms with van der Waals surface area (Å²) in [5.74, 6) is 0.366. The Morgan fingerprint density at radius 3 is 2.68 bits per heavy atom. The highest BCUT2D eigenvalue weighted by Gasteiger charge is 2.49. The molecule has 3 rings (SSSR count). The first-order valence-corrected chi connectivity index (χ1v) is 6.94. The van der Waals surface area contributed by atoms with E-state index in [9.17, 15) is 9.18 Å². The average Bonchev–Trinajstić information content (AvgIpc) is 3.11. The SMILES string of the molecule is COC(=O)c1ccc(O[C@H]2CO[C@H]3[C@@H]2OC[C@@H]3F)c(OC)c1. The van der Waals surface area contributed by atoms with Gasteiger partial charge in [-0.3, -0.25) is 0 Å². The van der Waals surface area contributed by atoms with Gasteiger partial charge >= 0.3 is 5.97 Å². The zero-order chi connectivity index (χ0) is 15.7. The summed E-state index contributed by atoms with van der Waals surface area (Å²) < 4.78 is 40.0. The number of halogens is 1. The predicted octanol–water partition coefficient (Wildman–Crippen LogP) is 1.36. The summed E-state index contributed by atoms with van der Waals surface area (Å²) in [6.07, 6.45) is -2.55. The maximum Gasteiger partial charge on any atom is 0.337 e. The third-order valence-electron chi connectivity index (χ3n) is 3.81. The standard InChI is InChI=1S/C15H17FO6/c1-18-11-5-8(15(17)19-2)3-4-10(11)22-12-7-21-13-9(16)6-20-14(12)13/h3-5,9,12-14H,6-7H2,1-2H3/t9-,12-,13+,14+/m0/s1. The van der Waals surface area contributed by atoms with Crippen molar-refractivity contribution in [2.75, 3.05) is 27.4 Å². The highest BCUT2D eigenvalue weighted by molar-refractivity contribution is 5.90. The van der Waals surface area contributed by atoms with E-state index in [4.69, 9.17) is 18.9 Å². The largest absolute Gasteiger partial charge is 0.493 e. The van der Waals surface area contributed by atoms with Gasteiger partial charge in [0, 0.05) is 0 Å². The number of methoxy groups -OCH3 is 2. The Morgan fingerprint density at radius 2 is 1.95 bits per heavy atom. The van der Waals surface area contributed by atoms with Gasteiger partial charge in [0.1, 0.15) is 12.2 Å². The number of benzene rings is 1. The van der Waals surface area contributed by atoms with Crippen LogP contribution < -0.4 is 9.47 Å². The minimum absolute atomic E-state index is 0.0214. The number of carbonyl (C=O) groups excluding carboxylic acids is 1. The van der Waals surface area contributed by atoms with Gasteiger partial charge < -0.3 is 23.7 Å². The van der Waals surface area contributed by atoms with Crippen LogP contribution in [0.3, 0.4) is 0 Å². The Kier molecular flexibility index (Phi) is 4.17. The first kappa shape index (κ1) is 15.1. The van der Waals surface area contributed by atoms with Gasteiger partial charge in [-0.1, -0.05) is 0 Å². The second-order valence-electron chi connectivity index (χ2n) is 5.13. The van der Waals surface area contributed by atoms with Gasteiger partial charge in [-0.25, -0.2) is 9.18 Å². The van der Waals surface area contributed by atoms with E-state index in [1.54, 1.807) is 12.1 Å². The van der Waals surface area contributed by atoms with Crippen molar-refractivity contribution in [3.05, 3.63) is 23.8 Å². The van der Waals surface area contributed by atoms with E-state index in [2.05, 4.69) is 4.74 Å². The number of hydrogen-bond donors (Lipinski definition) is 0. The quantitative estimate of drug-likeness (QED) is 0.782. The molecule has 2 aliphatic heterocycles. The molecule has 0 radical (unpaired) electrons.